The maximum atomic E-state index is 14.9. The Morgan fingerprint density at radius 1 is 1.26 bits per heavy atom. The fourth-order valence-electron chi connectivity index (χ4n) is 3.92. The number of pyridine rings is 1. The number of amides is 1. The van der Waals surface area contributed by atoms with E-state index in [0.29, 0.717) is 0 Å². The van der Waals surface area contributed by atoms with Gasteiger partial charge in [0.1, 0.15) is 29.4 Å². The standard InChI is InChI=1S/C22H21F5N4O4/c1-20-8-33-10-21(20,31-19(28)35-9-20)14-6-12(2-4-15(14)23)30-17(32)16-5-3-13(7-29-16)34-11-22(26,27)18(24)25/h2-7,18H,8-11H2,1H3,(H2,28,31)(H,30,32). The molecule has 1 fully saturated rings. The number of alkyl halides is 4. The Hall–Kier alpha value is -3.48. The molecule has 2 aliphatic rings. The van der Waals surface area contributed by atoms with E-state index in [4.69, 9.17) is 15.2 Å². The van der Waals surface area contributed by atoms with Crippen LogP contribution in [-0.2, 0) is 15.0 Å². The monoisotopic (exact) mass is 500 g/mol. The summed E-state index contributed by atoms with van der Waals surface area (Å²) in [6.07, 6.45) is -2.93. The average molecular weight is 500 g/mol. The fourth-order valence-corrected chi connectivity index (χ4v) is 3.92. The number of nitrogens with one attached hydrogen (secondary N) is 1. The van der Waals surface area contributed by atoms with Crippen LogP contribution in [0.2, 0.25) is 0 Å². The van der Waals surface area contributed by atoms with Crippen LogP contribution in [0.15, 0.2) is 41.5 Å². The number of benzene rings is 1. The summed E-state index contributed by atoms with van der Waals surface area (Å²) in [6.45, 7) is 0.793. The molecule has 1 saturated heterocycles. The third-order valence-electron chi connectivity index (χ3n) is 5.96. The first kappa shape index (κ1) is 24.6. The number of aromatic nitrogens is 1. The molecule has 3 heterocycles. The van der Waals surface area contributed by atoms with Crippen molar-refractivity contribution >= 4 is 17.6 Å². The summed E-state index contributed by atoms with van der Waals surface area (Å²) in [5.41, 5.74) is 4.19. The van der Waals surface area contributed by atoms with Gasteiger partial charge in [-0.15, -0.1) is 0 Å². The minimum absolute atomic E-state index is 0.0650. The van der Waals surface area contributed by atoms with Crippen LogP contribution < -0.4 is 15.8 Å². The Morgan fingerprint density at radius 2 is 2.03 bits per heavy atom. The number of nitrogens with zero attached hydrogens (tertiary/aromatic N) is 2. The lowest BCUT2D eigenvalue weighted by molar-refractivity contribution is -0.148. The van der Waals surface area contributed by atoms with Gasteiger partial charge in [0, 0.05) is 11.3 Å². The summed E-state index contributed by atoms with van der Waals surface area (Å²) in [5.74, 6) is -5.81. The van der Waals surface area contributed by atoms with E-state index in [0.717, 1.165) is 12.3 Å². The van der Waals surface area contributed by atoms with E-state index in [2.05, 4.69) is 20.0 Å². The molecule has 13 heteroatoms. The quantitative estimate of drug-likeness (QED) is 0.565. The lowest BCUT2D eigenvalue weighted by Crippen LogP contribution is -2.50. The summed E-state index contributed by atoms with van der Waals surface area (Å²) in [6, 6.07) is 6.15. The Kier molecular flexibility index (Phi) is 6.30. The average Bonchev–Trinajstić information content (AvgIpc) is 3.16. The number of carbonyl (C=O) groups is 1. The van der Waals surface area contributed by atoms with Crippen molar-refractivity contribution in [1.82, 2.24) is 4.98 Å². The van der Waals surface area contributed by atoms with Gasteiger partial charge >= 0.3 is 12.3 Å². The lowest BCUT2D eigenvalue weighted by Gasteiger charge is -2.42. The van der Waals surface area contributed by atoms with Gasteiger partial charge in [-0.3, -0.25) is 4.79 Å². The Morgan fingerprint density at radius 3 is 2.71 bits per heavy atom. The predicted molar refractivity (Wildman–Crippen MR) is 113 cm³/mol. The van der Waals surface area contributed by atoms with Gasteiger partial charge in [0.2, 0.25) is 0 Å². The summed E-state index contributed by atoms with van der Waals surface area (Å²) in [7, 11) is 0. The Labute approximate surface area is 196 Å². The molecule has 0 radical (unpaired) electrons. The smallest absolute Gasteiger partial charge is 0.340 e. The van der Waals surface area contributed by atoms with E-state index in [1.165, 1.54) is 24.3 Å². The minimum atomic E-state index is -4.32. The second kappa shape index (κ2) is 8.95. The number of nitrogens with two attached hydrogens (primary N) is 1. The number of hydrogen-bond acceptors (Lipinski definition) is 7. The zero-order chi connectivity index (χ0) is 25.4. The van der Waals surface area contributed by atoms with Crippen LogP contribution in [0.4, 0.5) is 27.6 Å². The molecule has 2 aromatic rings. The molecule has 1 amide bonds. The van der Waals surface area contributed by atoms with E-state index in [-0.39, 0.29) is 48.5 Å². The van der Waals surface area contributed by atoms with Gasteiger partial charge in [-0.2, -0.15) is 8.78 Å². The summed E-state index contributed by atoms with van der Waals surface area (Å²) >= 11 is 0. The number of amidine groups is 1. The molecule has 2 atom stereocenters. The zero-order valence-electron chi connectivity index (χ0n) is 18.4. The normalized spacial score (nSPS) is 23.9. The molecule has 0 bridgehead atoms. The van der Waals surface area contributed by atoms with Crippen molar-refractivity contribution in [3.8, 4) is 5.75 Å². The van der Waals surface area contributed by atoms with Gasteiger partial charge in [-0.1, -0.05) is 6.92 Å². The van der Waals surface area contributed by atoms with Gasteiger partial charge in [0.15, 0.2) is 6.61 Å². The second-order valence-electron chi connectivity index (χ2n) is 8.53. The highest BCUT2D eigenvalue weighted by molar-refractivity contribution is 6.02. The number of hydrogen-bond donors (Lipinski definition) is 2. The highest BCUT2D eigenvalue weighted by Crippen LogP contribution is 2.51. The van der Waals surface area contributed by atoms with E-state index in [1.807, 2.05) is 6.92 Å². The molecule has 1 aromatic carbocycles. The van der Waals surface area contributed by atoms with Gasteiger partial charge < -0.3 is 25.3 Å². The fraction of sp³-hybridized carbons (Fsp3) is 0.409. The SMILES string of the molecule is CC12COCC1(c1cc(NC(=O)c3ccc(OCC(F)(F)C(F)F)cn3)ccc1F)N=C(N)OC2. The number of carbonyl (C=O) groups excluding carboxylic acids is 1. The van der Waals surface area contributed by atoms with E-state index in [9.17, 15) is 26.7 Å². The van der Waals surface area contributed by atoms with Crippen LogP contribution >= 0.6 is 0 Å². The van der Waals surface area contributed by atoms with Crippen LogP contribution in [0.5, 0.6) is 5.75 Å². The maximum Gasteiger partial charge on any atom is 0.340 e. The molecule has 1 aromatic heterocycles. The van der Waals surface area contributed by atoms with Crippen LogP contribution in [0.1, 0.15) is 23.0 Å². The Bertz CT molecular complexity index is 1150. The molecule has 2 aliphatic heterocycles. The van der Waals surface area contributed by atoms with Gasteiger partial charge in [-0.05, 0) is 30.3 Å². The molecular weight excluding hydrogens is 479 g/mol. The van der Waals surface area contributed by atoms with Crippen molar-refractivity contribution < 1.29 is 41.0 Å². The molecule has 35 heavy (non-hydrogen) atoms. The van der Waals surface area contributed by atoms with E-state index < -0.39 is 41.6 Å². The summed E-state index contributed by atoms with van der Waals surface area (Å²) in [4.78, 5) is 20.8. The molecule has 2 unspecified atom stereocenters. The van der Waals surface area contributed by atoms with Gasteiger partial charge in [-0.25, -0.2) is 23.1 Å². The first-order chi connectivity index (χ1) is 16.5. The van der Waals surface area contributed by atoms with Gasteiger partial charge in [0.05, 0.1) is 24.8 Å². The third-order valence-corrected chi connectivity index (χ3v) is 5.96. The topological polar surface area (TPSA) is 108 Å². The number of anilines is 1. The molecular formula is C22H21F5N4O4. The molecule has 188 valence electrons. The number of halogens is 5. The number of aliphatic imine (C=N–C) groups is 1. The molecule has 0 spiro atoms. The van der Waals surface area contributed by atoms with E-state index in [1.54, 1.807) is 0 Å². The van der Waals surface area contributed by atoms with E-state index >= 15 is 0 Å². The maximum absolute atomic E-state index is 14.9. The van der Waals surface area contributed by atoms with Crippen LogP contribution in [0, 0.1) is 11.2 Å². The van der Waals surface area contributed by atoms with Crippen molar-refractivity contribution in [3.63, 3.8) is 0 Å². The highest BCUT2D eigenvalue weighted by Gasteiger charge is 2.58. The molecule has 0 aliphatic carbocycles. The molecule has 8 nitrogen and oxygen atoms in total. The predicted octanol–water partition coefficient (Wildman–Crippen LogP) is 3.33. The third kappa shape index (κ3) is 4.59. The number of ether oxygens (including phenoxy) is 3. The molecule has 0 saturated carbocycles. The van der Waals surface area contributed by atoms with Crippen molar-refractivity contribution in [3.05, 3.63) is 53.6 Å². The first-order valence-electron chi connectivity index (χ1n) is 10.4. The highest BCUT2D eigenvalue weighted by atomic mass is 19.3. The summed E-state index contributed by atoms with van der Waals surface area (Å²) < 4.78 is 81.0. The van der Waals surface area contributed by atoms with Crippen molar-refractivity contribution in [2.75, 3.05) is 31.7 Å². The summed E-state index contributed by atoms with van der Waals surface area (Å²) in [5, 5.41) is 2.58. The van der Waals surface area contributed by atoms with Crippen molar-refractivity contribution in [2.45, 2.75) is 24.8 Å². The second-order valence-corrected chi connectivity index (χ2v) is 8.53. The molecule has 4 rings (SSSR count). The van der Waals surface area contributed by atoms with Crippen molar-refractivity contribution in [2.24, 2.45) is 16.1 Å². The number of rotatable bonds is 7. The van der Waals surface area contributed by atoms with Crippen LogP contribution in [0.25, 0.3) is 0 Å². The zero-order valence-corrected chi connectivity index (χ0v) is 18.4. The Balaban J connectivity index is 1.51. The number of fused-ring (bicyclic) bond motifs is 1. The minimum Gasteiger partial charge on any atom is -0.485 e. The largest absolute Gasteiger partial charge is 0.485 e. The lowest BCUT2D eigenvalue weighted by atomic mass is 9.69. The van der Waals surface area contributed by atoms with Crippen LogP contribution in [0.3, 0.4) is 0 Å². The van der Waals surface area contributed by atoms with Gasteiger partial charge in [0.25, 0.3) is 11.9 Å². The molecule has 3 N–H and O–H groups in total. The first-order valence-corrected chi connectivity index (χ1v) is 10.4. The van der Waals surface area contributed by atoms with Crippen LogP contribution in [-0.4, -0.2) is 55.7 Å². The van der Waals surface area contributed by atoms with Crippen molar-refractivity contribution in [1.29, 1.82) is 0 Å².